The van der Waals surface area contributed by atoms with Crippen LogP contribution in [-0.4, -0.2) is 10.2 Å². The van der Waals surface area contributed by atoms with Crippen molar-refractivity contribution in [3.8, 4) is 11.1 Å². The lowest BCUT2D eigenvalue weighted by Crippen LogP contribution is -1.97. The first-order valence-corrected chi connectivity index (χ1v) is 6.36. The molecule has 94 valence electrons. The van der Waals surface area contributed by atoms with Crippen molar-refractivity contribution >= 4 is 5.82 Å². The molecule has 1 fully saturated rings. The molecule has 0 saturated heterocycles. The van der Waals surface area contributed by atoms with E-state index in [1.807, 2.05) is 6.07 Å². The predicted octanol–water partition coefficient (Wildman–Crippen LogP) is 3.46. The van der Waals surface area contributed by atoms with E-state index in [-0.39, 0.29) is 5.82 Å². The molecule has 18 heavy (non-hydrogen) atoms. The van der Waals surface area contributed by atoms with E-state index in [4.69, 9.17) is 5.73 Å². The normalized spacial score (nSPS) is 16.3. The quantitative estimate of drug-likeness (QED) is 0.851. The number of nitrogen functional groups attached to an aromatic ring is 1. The van der Waals surface area contributed by atoms with Crippen LogP contribution in [0.1, 0.15) is 37.3 Å². The zero-order valence-corrected chi connectivity index (χ0v) is 10.1. The summed E-state index contributed by atoms with van der Waals surface area (Å²) in [5.74, 6) is 0.580. The predicted molar refractivity (Wildman–Crippen MR) is 69.6 cm³/mol. The summed E-state index contributed by atoms with van der Waals surface area (Å²) in [4.78, 5) is 0. The lowest BCUT2D eigenvalue weighted by Gasteiger charge is -2.10. The Balaban J connectivity index is 2.11. The van der Waals surface area contributed by atoms with Crippen molar-refractivity contribution in [3.63, 3.8) is 0 Å². The average molecular weight is 245 g/mol. The summed E-state index contributed by atoms with van der Waals surface area (Å²) in [6.45, 7) is 0. The number of H-pyrrole nitrogens is 1. The van der Waals surface area contributed by atoms with Crippen molar-refractivity contribution in [2.75, 3.05) is 5.73 Å². The Labute approximate surface area is 105 Å². The minimum Gasteiger partial charge on any atom is -0.382 e. The van der Waals surface area contributed by atoms with Gasteiger partial charge in [0.2, 0.25) is 0 Å². The highest BCUT2D eigenvalue weighted by Crippen LogP contribution is 2.40. The molecule has 0 amide bonds. The topological polar surface area (TPSA) is 54.7 Å². The van der Waals surface area contributed by atoms with Crippen molar-refractivity contribution in [1.82, 2.24) is 10.2 Å². The maximum absolute atomic E-state index is 13.9. The highest BCUT2D eigenvalue weighted by atomic mass is 19.1. The van der Waals surface area contributed by atoms with Crippen LogP contribution in [0.4, 0.5) is 10.2 Å². The van der Waals surface area contributed by atoms with Gasteiger partial charge in [0.05, 0.1) is 0 Å². The van der Waals surface area contributed by atoms with Crippen LogP contribution in [0, 0.1) is 5.82 Å². The van der Waals surface area contributed by atoms with Crippen LogP contribution in [0.3, 0.4) is 0 Å². The maximum Gasteiger partial charge on any atom is 0.153 e. The van der Waals surface area contributed by atoms with Gasteiger partial charge in [-0.3, -0.25) is 5.10 Å². The van der Waals surface area contributed by atoms with Crippen molar-refractivity contribution in [2.45, 2.75) is 31.6 Å². The van der Waals surface area contributed by atoms with E-state index < -0.39 is 0 Å². The summed E-state index contributed by atoms with van der Waals surface area (Å²) in [6, 6.07) is 6.73. The van der Waals surface area contributed by atoms with Crippen LogP contribution in [0.5, 0.6) is 0 Å². The molecule has 1 aromatic heterocycles. The summed E-state index contributed by atoms with van der Waals surface area (Å²) in [5.41, 5.74) is 8.19. The summed E-state index contributed by atoms with van der Waals surface area (Å²) in [5, 5.41) is 7.06. The van der Waals surface area contributed by atoms with Gasteiger partial charge < -0.3 is 5.73 Å². The second-order valence-electron chi connectivity index (χ2n) is 4.86. The third-order valence-corrected chi connectivity index (χ3v) is 3.73. The zero-order chi connectivity index (χ0) is 12.5. The van der Waals surface area contributed by atoms with E-state index in [0.29, 0.717) is 17.3 Å². The number of halogens is 1. The van der Waals surface area contributed by atoms with E-state index in [1.54, 1.807) is 12.1 Å². The van der Waals surface area contributed by atoms with Gasteiger partial charge in [-0.2, -0.15) is 5.10 Å². The van der Waals surface area contributed by atoms with E-state index in [2.05, 4.69) is 10.2 Å². The second-order valence-corrected chi connectivity index (χ2v) is 4.86. The van der Waals surface area contributed by atoms with Gasteiger partial charge in [0.1, 0.15) is 5.82 Å². The number of anilines is 1. The van der Waals surface area contributed by atoms with Crippen LogP contribution in [0.25, 0.3) is 11.1 Å². The highest BCUT2D eigenvalue weighted by molar-refractivity contribution is 5.77. The fourth-order valence-corrected chi connectivity index (χ4v) is 2.83. The van der Waals surface area contributed by atoms with Crippen LogP contribution >= 0.6 is 0 Å². The Morgan fingerprint density at radius 1 is 1.22 bits per heavy atom. The molecule has 3 rings (SSSR count). The van der Waals surface area contributed by atoms with Gasteiger partial charge in [-0.15, -0.1) is 0 Å². The monoisotopic (exact) mass is 245 g/mol. The molecule has 1 aliphatic carbocycles. The number of nitrogens with zero attached hydrogens (tertiary/aromatic N) is 1. The van der Waals surface area contributed by atoms with E-state index in [9.17, 15) is 4.39 Å². The minimum absolute atomic E-state index is 0.246. The summed E-state index contributed by atoms with van der Waals surface area (Å²) in [7, 11) is 0. The lowest BCUT2D eigenvalue weighted by atomic mass is 9.95. The van der Waals surface area contributed by atoms with E-state index in [0.717, 1.165) is 24.1 Å². The third kappa shape index (κ3) is 1.78. The van der Waals surface area contributed by atoms with Gasteiger partial charge in [0.25, 0.3) is 0 Å². The Hall–Kier alpha value is -1.84. The smallest absolute Gasteiger partial charge is 0.153 e. The second kappa shape index (κ2) is 4.44. The number of rotatable bonds is 2. The Morgan fingerprint density at radius 3 is 2.67 bits per heavy atom. The van der Waals surface area contributed by atoms with Crippen molar-refractivity contribution in [3.05, 3.63) is 35.8 Å². The molecule has 0 unspecified atom stereocenters. The molecule has 0 spiro atoms. The van der Waals surface area contributed by atoms with E-state index in [1.165, 1.54) is 18.9 Å². The number of nitrogens with one attached hydrogen (secondary N) is 1. The molecule has 3 N–H and O–H groups in total. The van der Waals surface area contributed by atoms with Gasteiger partial charge in [0, 0.05) is 22.7 Å². The van der Waals surface area contributed by atoms with Crippen molar-refractivity contribution in [1.29, 1.82) is 0 Å². The Bertz CT molecular complexity index is 556. The van der Waals surface area contributed by atoms with Crippen molar-refractivity contribution in [2.24, 2.45) is 0 Å². The molecule has 0 aliphatic heterocycles. The average Bonchev–Trinajstić information content (AvgIpc) is 2.99. The third-order valence-electron chi connectivity index (χ3n) is 3.73. The molecule has 3 nitrogen and oxygen atoms in total. The molecule has 0 radical (unpaired) electrons. The number of hydrogen-bond acceptors (Lipinski definition) is 2. The maximum atomic E-state index is 13.9. The molecular weight excluding hydrogens is 229 g/mol. The van der Waals surface area contributed by atoms with Gasteiger partial charge in [-0.1, -0.05) is 31.0 Å². The number of benzene rings is 1. The molecule has 1 saturated carbocycles. The van der Waals surface area contributed by atoms with Gasteiger partial charge in [0.15, 0.2) is 5.82 Å². The molecular formula is C14H16FN3. The van der Waals surface area contributed by atoms with Crippen LogP contribution in [-0.2, 0) is 0 Å². The van der Waals surface area contributed by atoms with Gasteiger partial charge in [-0.25, -0.2) is 4.39 Å². The molecule has 0 atom stereocenters. The first kappa shape index (κ1) is 11.3. The van der Waals surface area contributed by atoms with Gasteiger partial charge in [-0.05, 0) is 18.9 Å². The minimum atomic E-state index is -0.246. The molecule has 4 heteroatoms. The number of nitrogens with two attached hydrogens (primary N) is 1. The highest BCUT2D eigenvalue weighted by Gasteiger charge is 2.25. The van der Waals surface area contributed by atoms with Crippen LogP contribution in [0.2, 0.25) is 0 Å². The molecule has 2 aromatic rings. The molecule has 0 bridgehead atoms. The van der Waals surface area contributed by atoms with Crippen molar-refractivity contribution < 1.29 is 4.39 Å². The molecule has 1 aliphatic rings. The SMILES string of the molecule is Nc1n[nH]c(C2CCCC2)c1-c1ccccc1F. The largest absolute Gasteiger partial charge is 0.382 e. The summed E-state index contributed by atoms with van der Waals surface area (Å²) < 4.78 is 13.9. The molecule has 1 aromatic carbocycles. The lowest BCUT2D eigenvalue weighted by molar-refractivity contribution is 0.630. The summed E-state index contributed by atoms with van der Waals surface area (Å²) >= 11 is 0. The fourth-order valence-electron chi connectivity index (χ4n) is 2.83. The summed E-state index contributed by atoms with van der Waals surface area (Å²) in [6.07, 6.45) is 4.70. The fraction of sp³-hybridized carbons (Fsp3) is 0.357. The number of aromatic nitrogens is 2. The Morgan fingerprint density at radius 2 is 1.94 bits per heavy atom. The zero-order valence-electron chi connectivity index (χ0n) is 10.1. The first-order valence-electron chi connectivity index (χ1n) is 6.36. The van der Waals surface area contributed by atoms with Gasteiger partial charge >= 0.3 is 0 Å². The van der Waals surface area contributed by atoms with Crippen LogP contribution in [0.15, 0.2) is 24.3 Å². The Kier molecular flexibility index (Phi) is 2.78. The number of hydrogen-bond donors (Lipinski definition) is 2. The number of aromatic amines is 1. The van der Waals surface area contributed by atoms with E-state index >= 15 is 0 Å². The van der Waals surface area contributed by atoms with Crippen LogP contribution < -0.4 is 5.73 Å². The molecule has 1 heterocycles. The first-order chi connectivity index (χ1) is 8.77. The standard InChI is InChI=1S/C14H16FN3/c15-11-8-4-3-7-10(11)12-13(17-18-14(12)16)9-5-1-2-6-9/h3-4,7-9H,1-2,5-6H2,(H3,16,17,18).